The van der Waals surface area contributed by atoms with E-state index >= 15 is 0 Å². The van der Waals surface area contributed by atoms with Gasteiger partial charge in [0.2, 0.25) is 0 Å². The van der Waals surface area contributed by atoms with E-state index in [1.807, 2.05) is 0 Å². The van der Waals surface area contributed by atoms with Crippen molar-refractivity contribution >= 4 is 58.0 Å². The van der Waals surface area contributed by atoms with Gasteiger partial charge >= 0.3 is 0 Å². The molecule has 0 atom stereocenters. The Morgan fingerprint density at radius 1 is 0.879 bits per heavy atom. The zero-order valence-corrected chi connectivity index (χ0v) is 18.8. The van der Waals surface area contributed by atoms with E-state index in [-0.39, 0.29) is 27.3 Å². The van der Waals surface area contributed by atoms with E-state index in [0.717, 1.165) is 4.90 Å². The Balaban J connectivity index is 1.54. The molecule has 4 rings (SSSR count). The van der Waals surface area contributed by atoms with Crippen molar-refractivity contribution in [2.24, 2.45) is 0 Å². The maximum atomic E-state index is 13.0. The number of hydrogen-bond donors (Lipinski definition) is 2. The molecule has 3 aromatic rings. The number of carbonyl (C=O) groups is 3. The minimum absolute atomic E-state index is 0.105. The number of nitrogens with one attached hydrogen (secondary N) is 2. The van der Waals surface area contributed by atoms with E-state index in [9.17, 15) is 14.4 Å². The van der Waals surface area contributed by atoms with Gasteiger partial charge in [0.25, 0.3) is 17.7 Å². The van der Waals surface area contributed by atoms with Gasteiger partial charge in [-0.05, 0) is 42.5 Å². The van der Waals surface area contributed by atoms with Crippen molar-refractivity contribution in [2.75, 3.05) is 22.6 Å². The van der Waals surface area contributed by atoms with Crippen LogP contribution in [0.4, 0.5) is 17.1 Å². The molecule has 0 fully saturated rings. The van der Waals surface area contributed by atoms with Crippen molar-refractivity contribution < 1.29 is 19.1 Å². The van der Waals surface area contributed by atoms with Crippen LogP contribution in [0.1, 0.15) is 10.4 Å². The summed E-state index contributed by atoms with van der Waals surface area (Å²) in [5.74, 6) is -1.09. The fourth-order valence-electron chi connectivity index (χ4n) is 3.25. The first-order chi connectivity index (χ1) is 15.9. The molecule has 0 bridgehead atoms. The zero-order valence-electron chi connectivity index (χ0n) is 17.3. The van der Waals surface area contributed by atoms with Crippen molar-refractivity contribution in [3.05, 3.63) is 94.1 Å². The first-order valence-electron chi connectivity index (χ1n) is 9.74. The van der Waals surface area contributed by atoms with Gasteiger partial charge in [-0.1, -0.05) is 47.5 Å². The number of hydrogen-bond acceptors (Lipinski definition) is 5. The fourth-order valence-corrected chi connectivity index (χ4v) is 3.68. The van der Waals surface area contributed by atoms with Gasteiger partial charge in [0.15, 0.2) is 0 Å². The Kier molecular flexibility index (Phi) is 6.35. The average molecular weight is 482 g/mol. The van der Waals surface area contributed by atoms with Gasteiger partial charge in [-0.2, -0.15) is 0 Å². The van der Waals surface area contributed by atoms with Crippen LogP contribution in [0, 0.1) is 0 Å². The highest BCUT2D eigenvalue weighted by Gasteiger charge is 2.39. The van der Waals surface area contributed by atoms with E-state index in [0.29, 0.717) is 22.7 Å². The molecule has 0 saturated heterocycles. The van der Waals surface area contributed by atoms with Gasteiger partial charge in [0.1, 0.15) is 16.5 Å². The van der Waals surface area contributed by atoms with Crippen LogP contribution >= 0.6 is 23.2 Å². The van der Waals surface area contributed by atoms with E-state index in [2.05, 4.69) is 10.6 Å². The normalized spacial score (nSPS) is 13.4. The van der Waals surface area contributed by atoms with Crippen LogP contribution in [0.15, 0.2) is 83.5 Å². The second kappa shape index (κ2) is 9.36. The fraction of sp³-hybridized carbons (Fsp3) is 0.0417. The molecular weight excluding hydrogens is 465 g/mol. The summed E-state index contributed by atoms with van der Waals surface area (Å²) in [7, 11) is 1.54. The topological polar surface area (TPSA) is 87.7 Å². The number of para-hydroxylation sites is 1. The molecule has 1 aliphatic heterocycles. The molecule has 0 aromatic heterocycles. The number of anilines is 3. The van der Waals surface area contributed by atoms with Gasteiger partial charge < -0.3 is 15.4 Å². The minimum atomic E-state index is -0.691. The summed E-state index contributed by atoms with van der Waals surface area (Å²) in [4.78, 5) is 39.2. The highest BCUT2D eigenvalue weighted by molar-refractivity contribution is 6.53. The number of rotatable bonds is 6. The molecule has 166 valence electrons. The maximum absolute atomic E-state index is 13.0. The number of halogens is 2. The monoisotopic (exact) mass is 481 g/mol. The van der Waals surface area contributed by atoms with Gasteiger partial charge in [-0.25, -0.2) is 4.90 Å². The Bertz CT molecular complexity index is 1310. The lowest BCUT2D eigenvalue weighted by Crippen LogP contribution is -2.32. The number of benzene rings is 3. The lowest BCUT2D eigenvalue weighted by molar-refractivity contribution is -0.120. The smallest absolute Gasteiger partial charge is 0.283 e. The van der Waals surface area contributed by atoms with E-state index < -0.39 is 11.8 Å². The van der Waals surface area contributed by atoms with E-state index in [4.69, 9.17) is 27.9 Å². The van der Waals surface area contributed by atoms with Crippen LogP contribution < -0.4 is 20.3 Å². The molecule has 0 spiro atoms. The van der Waals surface area contributed by atoms with Crippen LogP contribution in [-0.4, -0.2) is 24.8 Å². The summed E-state index contributed by atoms with van der Waals surface area (Å²) in [5.41, 5.74) is 1.43. The quantitative estimate of drug-likeness (QED) is 0.481. The SMILES string of the molecule is COc1cccc(NC(=O)c2cccc(NC3=C(Cl)C(=O)N(c4ccccc4Cl)C3=O)c2)c1. The second-order valence-corrected chi connectivity index (χ2v) is 7.76. The standard InChI is InChI=1S/C24H17Cl2N3O4/c1-33-17-9-5-8-16(13-17)28-22(30)14-6-4-7-15(12-14)27-21-20(26)23(31)29(24(21)32)19-11-3-2-10-18(19)25/h2-13,27H,1H3,(H,28,30). The molecule has 1 heterocycles. The maximum Gasteiger partial charge on any atom is 0.283 e. The van der Waals surface area contributed by atoms with Crippen molar-refractivity contribution in [2.45, 2.75) is 0 Å². The molecule has 9 heteroatoms. The lowest BCUT2D eigenvalue weighted by Gasteiger charge is -2.16. The molecule has 33 heavy (non-hydrogen) atoms. The second-order valence-electron chi connectivity index (χ2n) is 6.98. The van der Waals surface area contributed by atoms with Crippen LogP contribution in [-0.2, 0) is 9.59 Å². The van der Waals surface area contributed by atoms with E-state index in [1.54, 1.807) is 72.8 Å². The van der Waals surface area contributed by atoms with Gasteiger partial charge in [0, 0.05) is 23.0 Å². The third-order valence-electron chi connectivity index (χ3n) is 4.84. The first-order valence-corrected chi connectivity index (χ1v) is 10.5. The molecule has 7 nitrogen and oxygen atoms in total. The molecule has 0 aliphatic carbocycles. The number of carbonyl (C=O) groups excluding carboxylic acids is 3. The highest BCUT2D eigenvalue weighted by atomic mass is 35.5. The van der Waals surface area contributed by atoms with Gasteiger partial charge in [-0.3, -0.25) is 14.4 Å². The van der Waals surface area contributed by atoms with Crippen LogP contribution in [0.5, 0.6) is 5.75 Å². The van der Waals surface area contributed by atoms with E-state index in [1.165, 1.54) is 7.11 Å². The van der Waals surface area contributed by atoms with Crippen molar-refractivity contribution in [1.82, 2.24) is 0 Å². The Morgan fingerprint density at radius 2 is 1.61 bits per heavy atom. The Hall–Kier alpha value is -3.81. The van der Waals surface area contributed by atoms with Gasteiger partial charge in [0.05, 0.1) is 17.8 Å². The molecular formula is C24H17Cl2N3O4. The van der Waals surface area contributed by atoms with Crippen LogP contribution in [0.3, 0.4) is 0 Å². The number of imide groups is 1. The van der Waals surface area contributed by atoms with Crippen molar-refractivity contribution in [3.63, 3.8) is 0 Å². The average Bonchev–Trinajstić information content (AvgIpc) is 3.03. The molecule has 0 saturated carbocycles. The van der Waals surface area contributed by atoms with Gasteiger partial charge in [-0.15, -0.1) is 0 Å². The van der Waals surface area contributed by atoms with Crippen molar-refractivity contribution in [1.29, 1.82) is 0 Å². The zero-order chi connectivity index (χ0) is 23.5. The summed E-state index contributed by atoms with van der Waals surface area (Å²) < 4.78 is 5.16. The summed E-state index contributed by atoms with van der Waals surface area (Å²) >= 11 is 12.3. The molecule has 0 radical (unpaired) electrons. The molecule has 2 N–H and O–H groups in total. The summed E-state index contributed by atoms with van der Waals surface area (Å²) in [6.07, 6.45) is 0. The summed E-state index contributed by atoms with van der Waals surface area (Å²) in [6.45, 7) is 0. The molecule has 3 amide bonds. The third-order valence-corrected chi connectivity index (χ3v) is 5.51. The molecule has 0 unspecified atom stereocenters. The molecule has 3 aromatic carbocycles. The predicted octanol–water partition coefficient (Wildman–Crippen LogP) is 5.04. The number of nitrogens with zero attached hydrogens (tertiary/aromatic N) is 1. The minimum Gasteiger partial charge on any atom is -0.497 e. The first kappa shape index (κ1) is 22.4. The molecule has 1 aliphatic rings. The Morgan fingerprint density at radius 3 is 2.36 bits per heavy atom. The third kappa shape index (κ3) is 4.55. The van der Waals surface area contributed by atoms with Crippen LogP contribution in [0.2, 0.25) is 5.02 Å². The highest BCUT2D eigenvalue weighted by Crippen LogP contribution is 2.34. The van der Waals surface area contributed by atoms with Crippen molar-refractivity contribution in [3.8, 4) is 5.75 Å². The summed E-state index contributed by atoms with van der Waals surface area (Å²) in [5, 5.41) is 5.61. The van der Waals surface area contributed by atoms with Crippen LogP contribution in [0.25, 0.3) is 0 Å². The summed E-state index contributed by atoms with van der Waals surface area (Å²) in [6, 6.07) is 19.9. The largest absolute Gasteiger partial charge is 0.497 e. The number of ether oxygens (including phenoxy) is 1. The Labute approximate surface area is 199 Å². The predicted molar refractivity (Wildman–Crippen MR) is 128 cm³/mol. The lowest BCUT2D eigenvalue weighted by atomic mass is 10.1. The number of methoxy groups -OCH3 is 1. The number of amides is 3.